The molecule has 1 nitrogen and oxygen atoms in total. The Hall–Kier alpha value is -6.96. The van der Waals surface area contributed by atoms with Crippen LogP contribution in [-0.4, -0.2) is 0 Å². The molecule has 0 amide bonds. The van der Waals surface area contributed by atoms with Gasteiger partial charge in [-0.15, -0.1) is 0 Å². The summed E-state index contributed by atoms with van der Waals surface area (Å²) in [6.45, 7) is 0. The summed E-state index contributed by atoms with van der Waals surface area (Å²) in [5.41, 5.74) is 18.9. The average Bonchev–Trinajstić information content (AvgIpc) is 3.91. The van der Waals surface area contributed by atoms with Crippen LogP contribution in [-0.2, 0) is 11.8 Å². The highest BCUT2D eigenvalue weighted by Gasteiger charge is 2.51. The van der Waals surface area contributed by atoms with Gasteiger partial charge in [-0.25, -0.2) is 0 Å². The van der Waals surface area contributed by atoms with Gasteiger partial charge in [0.25, 0.3) is 0 Å². The molecule has 1 heteroatoms. The third-order valence-electron chi connectivity index (χ3n) is 13.0. The van der Waals surface area contributed by atoms with E-state index in [1.807, 2.05) is 6.07 Å². The van der Waals surface area contributed by atoms with Crippen molar-refractivity contribution in [1.29, 1.82) is 0 Å². The lowest BCUT2D eigenvalue weighted by Gasteiger charge is -2.30. The standard InChI is InChI=1S/C56H38O/c1-2-15-40-37(13-1)14-11-21-43(40)41(38-29-31-39(32-30-38)42-20-12-22-49-48-19-6-10-26-54(48)57-55(42)49)33-27-36-28-34-47-46-18-5-9-25-52(46)56(53(47)35-36)50-23-7-3-16-44(50)45-17-4-8-24-51(45)56/h1-26,28-32,34-35,41H,27,33H2. The van der Waals surface area contributed by atoms with Crippen LogP contribution in [0.1, 0.15) is 51.3 Å². The predicted molar refractivity (Wildman–Crippen MR) is 236 cm³/mol. The van der Waals surface area contributed by atoms with E-state index in [0.29, 0.717) is 0 Å². The van der Waals surface area contributed by atoms with Crippen molar-refractivity contribution in [2.45, 2.75) is 24.2 Å². The van der Waals surface area contributed by atoms with E-state index in [-0.39, 0.29) is 11.3 Å². The second-order valence-electron chi connectivity index (χ2n) is 15.8. The summed E-state index contributed by atoms with van der Waals surface area (Å²) in [4.78, 5) is 0. The molecule has 1 spiro atoms. The molecule has 1 aromatic heterocycles. The Morgan fingerprint density at radius 3 is 1.72 bits per heavy atom. The van der Waals surface area contributed by atoms with Gasteiger partial charge in [-0.1, -0.05) is 194 Å². The van der Waals surface area contributed by atoms with Gasteiger partial charge in [0.05, 0.1) is 5.41 Å². The molecule has 0 saturated heterocycles. The molecule has 1 atom stereocenters. The number of furan rings is 1. The molecule has 268 valence electrons. The Kier molecular flexibility index (Phi) is 7.10. The van der Waals surface area contributed by atoms with E-state index < -0.39 is 0 Å². The van der Waals surface area contributed by atoms with Crippen molar-refractivity contribution in [1.82, 2.24) is 0 Å². The van der Waals surface area contributed by atoms with Crippen LogP contribution in [0.25, 0.3) is 66.1 Å². The normalized spacial score (nSPS) is 13.8. The van der Waals surface area contributed by atoms with Crippen LogP contribution in [0, 0.1) is 0 Å². The second kappa shape index (κ2) is 12.5. The van der Waals surface area contributed by atoms with Crippen LogP contribution >= 0.6 is 0 Å². The van der Waals surface area contributed by atoms with Gasteiger partial charge in [-0.3, -0.25) is 0 Å². The van der Waals surface area contributed by atoms with Crippen LogP contribution in [0.5, 0.6) is 0 Å². The molecule has 0 radical (unpaired) electrons. The summed E-state index contributed by atoms with van der Waals surface area (Å²) in [6.07, 6.45) is 1.94. The van der Waals surface area contributed by atoms with Crippen molar-refractivity contribution in [3.05, 3.63) is 239 Å². The van der Waals surface area contributed by atoms with Crippen LogP contribution in [0.2, 0.25) is 0 Å². The molecule has 0 N–H and O–H groups in total. The molecule has 2 aliphatic rings. The van der Waals surface area contributed by atoms with E-state index in [2.05, 4.69) is 194 Å². The fraction of sp³-hybridized carbons (Fsp3) is 0.0714. The highest BCUT2D eigenvalue weighted by atomic mass is 16.3. The van der Waals surface area contributed by atoms with Crippen molar-refractivity contribution < 1.29 is 4.42 Å². The van der Waals surface area contributed by atoms with E-state index in [0.717, 1.165) is 40.3 Å². The lowest BCUT2D eigenvalue weighted by atomic mass is 9.70. The average molecular weight is 727 g/mol. The molecular weight excluding hydrogens is 689 g/mol. The minimum atomic E-state index is -0.331. The zero-order chi connectivity index (χ0) is 37.5. The molecule has 0 fully saturated rings. The first-order chi connectivity index (χ1) is 28.3. The van der Waals surface area contributed by atoms with Gasteiger partial charge in [0.1, 0.15) is 11.2 Å². The summed E-state index contributed by atoms with van der Waals surface area (Å²) in [5.74, 6) is 0.208. The summed E-state index contributed by atoms with van der Waals surface area (Å²) >= 11 is 0. The van der Waals surface area contributed by atoms with Gasteiger partial charge in [-0.05, 0) is 96.4 Å². The first-order valence-electron chi connectivity index (χ1n) is 20.2. The smallest absolute Gasteiger partial charge is 0.143 e. The first-order valence-corrected chi connectivity index (χ1v) is 20.2. The summed E-state index contributed by atoms with van der Waals surface area (Å²) in [6, 6.07) is 74.4. The van der Waals surface area contributed by atoms with Crippen LogP contribution < -0.4 is 0 Å². The molecule has 12 rings (SSSR count). The Balaban J connectivity index is 0.960. The summed E-state index contributed by atoms with van der Waals surface area (Å²) in [5, 5.41) is 4.92. The topological polar surface area (TPSA) is 13.1 Å². The maximum absolute atomic E-state index is 6.45. The Morgan fingerprint density at radius 1 is 0.421 bits per heavy atom. The quantitative estimate of drug-likeness (QED) is 0.166. The summed E-state index contributed by atoms with van der Waals surface area (Å²) in [7, 11) is 0. The SMILES string of the molecule is c1ccc2c(c1)-c1ccccc1C21c2ccccc2-c2ccc(CCC(c3ccc(-c4cccc5c4oc4ccccc45)cc3)c3cccc4ccccc34)cc21. The van der Waals surface area contributed by atoms with Crippen LogP contribution in [0.15, 0.2) is 205 Å². The fourth-order valence-electron chi connectivity index (χ4n) is 10.5. The van der Waals surface area contributed by atoms with Gasteiger partial charge >= 0.3 is 0 Å². The highest BCUT2D eigenvalue weighted by molar-refractivity contribution is 6.09. The predicted octanol–water partition coefficient (Wildman–Crippen LogP) is 14.5. The number of rotatable bonds is 6. The lowest BCUT2D eigenvalue weighted by molar-refractivity contribution is 0.670. The molecule has 0 aliphatic heterocycles. The van der Waals surface area contributed by atoms with Crippen molar-refractivity contribution >= 4 is 32.7 Å². The number of hydrogen-bond donors (Lipinski definition) is 0. The molecule has 0 bridgehead atoms. The number of aryl methyl sites for hydroxylation is 1. The van der Waals surface area contributed by atoms with E-state index in [4.69, 9.17) is 4.42 Å². The minimum Gasteiger partial charge on any atom is -0.455 e. The zero-order valence-electron chi connectivity index (χ0n) is 31.5. The number of para-hydroxylation sites is 2. The maximum atomic E-state index is 6.45. The zero-order valence-corrected chi connectivity index (χ0v) is 31.5. The minimum absolute atomic E-state index is 0.208. The van der Waals surface area contributed by atoms with Crippen molar-refractivity contribution in [2.75, 3.05) is 0 Å². The third kappa shape index (κ3) is 4.69. The summed E-state index contributed by atoms with van der Waals surface area (Å²) < 4.78 is 6.45. The van der Waals surface area contributed by atoms with E-state index in [9.17, 15) is 0 Å². The Labute approximate surface area is 332 Å². The Morgan fingerprint density at radius 2 is 0.982 bits per heavy atom. The second-order valence-corrected chi connectivity index (χ2v) is 15.8. The number of benzene rings is 9. The first kappa shape index (κ1) is 32.3. The molecule has 2 aliphatic carbocycles. The monoisotopic (exact) mass is 726 g/mol. The van der Waals surface area contributed by atoms with Gasteiger partial charge in [0.2, 0.25) is 0 Å². The van der Waals surface area contributed by atoms with E-state index in [1.54, 1.807) is 0 Å². The van der Waals surface area contributed by atoms with Gasteiger partial charge < -0.3 is 4.42 Å². The van der Waals surface area contributed by atoms with Gasteiger partial charge in [0, 0.05) is 22.3 Å². The van der Waals surface area contributed by atoms with Gasteiger partial charge in [-0.2, -0.15) is 0 Å². The van der Waals surface area contributed by atoms with Crippen molar-refractivity contribution in [3.63, 3.8) is 0 Å². The molecule has 1 heterocycles. The molecule has 1 unspecified atom stereocenters. The number of hydrogen-bond acceptors (Lipinski definition) is 1. The fourth-order valence-corrected chi connectivity index (χ4v) is 10.5. The largest absolute Gasteiger partial charge is 0.455 e. The Bertz CT molecular complexity index is 3130. The molecular formula is C56H38O. The molecule has 10 aromatic rings. The van der Waals surface area contributed by atoms with Gasteiger partial charge in [0.15, 0.2) is 0 Å². The third-order valence-corrected chi connectivity index (χ3v) is 13.0. The molecule has 57 heavy (non-hydrogen) atoms. The maximum Gasteiger partial charge on any atom is 0.143 e. The highest BCUT2D eigenvalue weighted by Crippen LogP contribution is 2.62. The van der Waals surface area contributed by atoms with E-state index >= 15 is 0 Å². The van der Waals surface area contributed by atoms with Crippen molar-refractivity contribution in [3.8, 4) is 33.4 Å². The molecule has 9 aromatic carbocycles. The number of fused-ring (bicyclic) bond motifs is 14. The van der Waals surface area contributed by atoms with E-state index in [1.165, 1.54) is 77.5 Å². The van der Waals surface area contributed by atoms with Crippen LogP contribution in [0.4, 0.5) is 0 Å². The van der Waals surface area contributed by atoms with Crippen molar-refractivity contribution in [2.24, 2.45) is 0 Å². The lowest BCUT2D eigenvalue weighted by Crippen LogP contribution is -2.26. The molecule has 0 saturated carbocycles. The van der Waals surface area contributed by atoms with Crippen LogP contribution in [0.3, 0.4) is 0 Å².